The molecule has 1 aliphatic heterocycles. The summed E-state index contributed by atoms with van der Waals surface area (Å²) >= 11 is 1.22. The summed E-state index contributed by atoms with van der Waals surface area (Å²) in [6.45, 7) is 7.34. The first kappa shape index (κ1) is 22.8. The number of carbonyl (C=O) groups excluding carboxylic acids is 1. The van der Waals surface area contributed by atoms with Crippen LogP contribution in [0.3, 0.4) is 0 Å². The molecule has 164 valence electrons. The van der Waals surface area contributed by atoms with Crippen LogP contribution in [-0.2, 0) is 14.8 Å². The molecule has 1 aromatic carbocycles. The van der Waals surface area contributed by atoms with Crippen molar-refractivity contribution in [1.82, 2.24) is 19.4 Å². The molecule has 1 aromatic heterocycles. The highest BCUT2D eigenvalue weighted by Gasteiger charge is 2.24. The minimum absolute atomic E-state index is 0.0814. The van der Waals surface area contributed by atoms with E-state index in [0.717, 1.165) is 19.4 Å². The Morgan fingerprint density at radius 2 is 1.90 bits per heavy atom. The molecule has 0 spiro atoms. The van der Waals surface area contributed by atoms with Gasteiger partial charge in [0.15, 0.2) is 0 Å². The molecular weight excluding hydrogens is 424 g/mol. The second kappa shape index (κ2) is 9.93. The third kappa shape index (κ3) is 5.04. The Morgan fingerprint density at radius 1 is 1.20 bits per heavy atom. The van der Waals surface area contributed by atoms with E-state index in [-0.39, 0.29) is 22.6 Å². The molecule has 0 radical (unpaired) electrons. The Labute approximate surface area is 182 Å². The van der Waals surface area contributed by atoms with Gasteiger partial charge in [0.25, 0.3) is 5.22 Å². The molecule has 2 heterocycles. The van der Waals surface area contributed by atoms with Gasteiger partial charge in [-0.3, -0.25) is 4.79 Å². The number of thioether (sulfide) groups is 1. The highest BCUT2D eigenvalue weighted by molar-refractivity contribution is 7.99. The highest BCUT2D eigenvalue weighted by atomic mass is 32.2. The molecule has 1 atom stereocenters. The van der Waals surface area contributed by atoms with E-state index in [4.69, 9.17) is 4.42 Å². The molecule has 8 nitrogen and oxygen atoms in total. The van der Waals surface area contributed by atoms with E-state index in [1.165, 1.54) is 22.5 Å². The summed E-state index contributed by atoms with van der Waals surface area (Å²) in [6.07, 6.45) is 3.26. The van der Waals surface area contributed by atoms with Crippen LogP contribution in [0.15, 0.2) is 38.8 Å². The second-order valence-corrected chi connectivity index (χ2v) is 10.1. The van der Waals surface area contributed by atoms with E-state index in [0.29, 0.717) is 29.8 Å². The lowest BCUT2D eigenvalue weighted by Crippen LogP contribution is -2.42. The highest BCUT2D eigenvalue weighted by Crippen LogP contribution is 2.26. The van der Waals surface area contributed by atoms with Crippen LogP contribution in [-0.4, -0.2) is 65.2 Å². The van der Waals surface area contributed by atoms with Gasteiger partial charge >= 0.3 is 0 Å². The number of hydrogen-bond acceptors (Lipinski definition) is 7. The van der Waals surface area contributed by atoms with E-state index >= 15 is 0 Å². The summed E-state index contributed by atoms with van der Waals surface area (Å²) in [5, 5.41) is 8.35. The van der Waals surface area contributed by atoms with Gasteiger partial charge in [-0.05, 0) is 50.5 Å². The predicted octanol–water partition coefficient (Wildman–Crippen LogP) is 3.26. The summed E-state index contributed by atoms with van der Waals surface area (Å²) in [5.41, 5.74) is 0.629. The van der Waals surface area contributed by atoms with Crippen LogP contribution in [0.25, 0.3) is 11.5 Å². The van der Waals surface area contributed by atoms with E-state index in [9.17, 15) is 13.2 Å². The SMILES string of the molecule is CCN(CC)S(=O)(=O)c1ccc(-c2nnc(SCC(=O)N3CCCC[C@@H]3C)o2)cc1. The number of nitrogens with zero attached hydrogens (tertiary/aromatic N) is 4. The number of hydrogen-bond donors (Lipinski definition) is 0. The van der Waals surface area contributed by atoms with Crippen molar-refractivity contribution in [2.24, 2.45) is 0 Å². The molecule has 2 aromatic rings. The van der Waals surface area contributed by atoms with Crippen molar-refractivity contribution >= 4 is 27.7 Å². The van der Waals surface area contributed by atoms with Crippen LogP contribution in [0.1, 0.15) is 40.0 Å². The monoisotopic (exact) mass is 452 g/mol. The van der Waals surface area contributed by atoms with Gasteiger partial charge < -0.3 is 9.32 Å². The molecule has 10 heteroatoms. The molecule has 1 amide bonds. The Kier molecular flexibility index (Phi) is 7.54. The molecular formula is C20H28N4O4S2. The van der Waals surface area contributed by atoms with Gasteiger partial charge in [-0.1, -0.05) is 25.6 Å². The van der Waals surface area contributed by atoms with Crippen LogP contribution >= 0.6 is 11.8 Å². The molecule has 0 saturated carbocycles. The number of sulfonamides is 1. The van der Waals surface area contributed by atoms with Crippen molar-refractivity contribution < 1.29 is 17.6 Å². The summed E-state index contributed by atoms with van der Waals surface area (Å²) in [5.74, 6) is 0.633. The van der Waals surface area contributed by atoms with Crippen LogP contribution in [0.4, 0.5) is 0 Å². The van der Waals surface area contributed by atoms with Gasteiger partial charge in [0.1, 0.15) is 0 Å². The van der Waals surface area contributed by atoms with E-state index in [1.807, 2.05) is 18.7 Å². The number of carbonyl (C=O) groups is 1. The van der Waals surface area contributed by atoms with Crippen LogP contribution in [0.2, 0.25) is 0 Å². The Hall–Kier alpha value is -1.91. The normalized spacial score (nSPS) is 17.5. The molecule has 30 heavy (non-hydrogen) atoms. The fourth-order valence-corrected chi connectivity index (χ4v) is 5.65. The Balaban J connectivity index is 1.64. The maximum atomic E-state index is 12.6. The van der Waals surface area contributed by atoms with E-state index in [2.05, 4.69) is 17.1 Å². The zero-order valence-electron chi connectivity index (χ0n) is 17.6. The summed E-state index contributed by atoms with van der Waals surface area (Å²) in [6, 6.07) is 6.66. The number of benzene rings is 1. The third-order valence-electron chi connectivity index (χ3n) is 5.29. The summed E-state index contributed by atoms with van der Waals surface area (Å²) < 4.78 is 32.2. The molecule has 0 bridgehead atoms. The molecule has 0 N–H and O–H groups in total. The van der Waals surface area contributed by atoms with Crippen molar-refractivity contribution in [3.63, 3.8) is 0 Å². The van der Waals surface area contributed by atoms with E-state index < -0.39 is 10.0 Å². The van der Waals surface area contributed by atoms with Crippen molar-refractivity contribution in [2.45, 2.75) is 56.2 Å². The first-order valence-corrected chi connectivity index (χ1v) is 12.7. The van der Waals surface area contributed by atoms with Gasteiger partial charge in [-0.25, -0.2) is 8.42 Å². The lowest BCUT2D eigenvalue weighted by molar-refractivity contribution is -0.131. The smallest absolute Gasteiger partial charge is 0.277 e. The van der Waals surface area contributed by atoms with Crippen LogP contribution in [0.5, 0.6) is 0 Å². The predicted molar refractivity (Wildman–Crippen MR) is 116 cm³/mol. The van der Waals surface area contributed by atoms with Crippen molar-refractivity contribution in [3.05, 3.63) is 24.3 Å². The topological polar surface area (TPSA) is 96.6 Å². The first-order chi connectivity index (χ1) is 14.4. The van der Waals surface area contributed by atoms with Crippen LogP contribution < -0.4 is 0 Å². The maximum Gasteiger partial charge on any atom is 0.277 e. The van der Waals surface area contributed by atoms with Gasteiger partial charge in [0.05, 0.1) is 10.6 Å². The number of likely N-dealkylation sites (tertiary alicyclic amines) is 1. The van der Waals surface area contributed by atoms with E-state index in [1.54, 1.807) is 24.3 Å². The number of piperidine rings is 1. The lowest BCUT2D eigenvalue weighted by Gasteiger charge is -2.33. The zero-order valence-corrected chi connectivity index (χ0v) is 19.2. The van der Waals surface area contributed by atoms with Gasteiger partial charge in [-0.15, -0.1) is 10.2 Å². The quantitative estimate of drug-likeness (QED) is 0.567. The largest absolute Gasteiger partial charge is 0.411 e. The maximum absolute atomic E-state index is 12.6. The van der Waals surface area contributed by atoms with Gasteiger partial charge in [-0.2, -0.15) is 4.31 Å². The second-order valence-electron chi connectivity index (χ2n) is 7.21. The van der Waals surface area contributed by atoms with Crippen molar-refractivity contribution in [1.29, 1.82) is 0 Å². The molecule has 1 fully saturated rings. The first-order valence-electron chi connectivity index (χ1n) is 10.2. The number of rotatable bonds is 8. The van der Waals surface area contributed by atoms with Crippen molar-refractivity contribution in [3.8, 4) is 11.5 Å². The average molecular weight is 453 g/mol. The molecule has 0 unspecified atom stereocenters. The molecule has 1 aliphatic rings. The summed E-state index contributed by atoms with van der Waals surface area (Å²) in [7, 11) is -3.51. The minimum Gasteiger partial charge on any atom is -0.411 e. The minimum atomic E-state index is -3.51. The number of aromatic nitrogens is 2. The Morgan fingerprint density at radius 3 is 2.53 bits per heavy atom. The lowest BCUT2D eigenvalue weighted by atomic mass is 10.0. The summed E-state index contributed by atoms with van der Waals surface area (Å²) in [4.78, 5) is 14.6. The zero-order chi connectivity index (χ0) is 21.7. The van der Waals surface area contributed by atoms with Crippen molar-refractivity contribution in [2.75, 3.05) is 25.4 Å². The molecule has 0 aliphatic carbocycles. The van der Waals surface area contributed by atoms with Gasteiger partial charge in [0.2, 0.25) is 21.8 Å². The fourth-order valence-electron chi connectivity index (χ4n) is 3.54. The molecule has 3 rings (SSSR count). The fraction of sp³-hybridized carbons (Fsp3) is 0.550. The standard InChI is InChI=1S/C20H28N4O4S2/c1-4-23(5-2)30(26,27)17-11-9-16(10-12-17)19-21-22-20(28-19)29-14-18(25)24-13-7-6-8-15(24)3/h9-12,15H,4-8,13-14H2,1-3H3/t15-/m0/s1. The van der Waals surface area contributed by atoms with Gasteiger partial charge in [0, 0.05) is 31.2 Å². The molecule has 1 saturated heterocycles. The van der Waals surface area contributed by atoms with Crippen LogP contribution in [0, 0.1) is 0 Å². The third-order valence-corrected chi connectivity index (χ3v) is 8.16. The number of amides is 1. The Bertz CT molecular complexity index is 955. The average Bonchev–Trinajstić information content (AvgIpc) is 3.22.